The summed E-state index contributed by atoms with van der Waals surface area (Å²) in [4.78, 5) is 25.7. The van der Waals surface area contributed by atoms with Crippen LogP contribution in [0.2, 0.25) is 0 Å². The zero-order valence-corrected chi connectivity index (χ0v) is 16.5. The lowest BCUT2D eigenvalue weighted by molar-refractivity contribution is -0.143. The summed E-state index contributed by atoms with van der Waals surface area (Å²) >= 11 is 0. The number of aryl methyl sites for hydroxylation is 1. The number of ether oxygens (including phenoxy) is 1. The summed E-state index contributed by atoms with van der Waals surface area (Å²) < 4.78 is 7.63. The molecule has 2 amide bonds. The van der Waals surface area contributed by atoms with E-state index in [1.807, 2.05) is 48.9 Å². The Balaban J connectivity index is 1.58. The van der Waals surface area contributed by atoms with Crippen molar-refractivity contribution in [2.75, 3.05) is 10.6 Å². The highest BCUT2D eigenvalue weighted by Crippen LogP contribution is 2.34. The number of nitrogens with one attached hydrogen (secondary N) is 2. The zero-order chi connectivity index (χ0) is 20.6. The number of nitrogens with zero attached hydrogens (tertiary/aromatic N) is 2. The van der Waals surface area contributed by atoms with E-state index in [4.69, 9.17) is 4.74 Å². The summed E-state index contributed by atoms with van der Waals surface area (Å²) in [6.07, 6.45) is 0. The number of amides is 2. The highest BCUT2D eigenvalue weighted by Gasteiger charge is 2.47. The van der Waals surface area contributed by atoms with Gasteiger partial charge >= 0.3 is 0 Å². The molecule has 4 rings (SSSR count). The molecule has 0 fully saturated rings. The summed E-state index contributed by atoms with van der Waals surface area (Å²) in [6, 6.07) is 17.0. The quantitative estimate of drug-likeness (QED) is 0.670. The van der Waals surface area contributed by atoms with Crippen LogP contribution in [0, 0.1) is 13.8 Å². The Morgan fingerprint density at radius 1 is 1.14 bits per heavy atom. The first kappa shape index (κ1) is 18.7. The topological polar surface area (TPSA) is 85.2 Å². The first-order valence-electron chi connectivity index (χ1n) is 9.37. The lowest BCUT2D eigenvalue weighted by atomic mass is 10.0. The molecule has 1 aromatic heterocycles. The van der Waals surface area contributed by atoms with Gasteiger partial charge in [0.15, 0.2) is 0 Å². The fourth-order valence-corrected chi connectivity index (χ4v) is 3.34. The molecule has 1 atom stereocenters. The maximum Gasteiger partial charge on any atom is 0.278 e. The van der Waals surface area contributed by atoms with Gasteiger partial charge in [-0.05, 0) is 38.5 Å². The van der Waals surface area contributed by atoms with Gasteiger partial charge in [-0.25, -0.2) is 0 Å². The molecule has 1 aliphatic rings. The van der Waals surface area contributed by atoms with Crippen LogP contribution in [0.4, 0.5) is 11.4 Å². The van der Waals surface area contributed by atoms with Crippen LogP contribution >= 0.6 is 0 Å². The number of fused-ring (bicyclic) bond motifs is 1. The van der Waals surface area contributed by atoms with Crippen LogP contribution in [0.15, 0.2) is 54.6 Å². The van der Waals surface area contributed by atoms with Crippen LogP contribution in [0.1, 0.15) is 23.9 Å². The van der Waals surface area contributed by atoms with Gasteiger partial charge in [0.1, 0.15) is 5.75 Å². The van der Waals surface area contributed by atoms with Crippen LogP contribution in [-0.4, -0.2) is 27.2 Å². The van der Waals surface area contributed by atoms with E-state index in [9.17, 15) is 9.59 Å². The maximum absolute atomic E-state index is 13.0. The van der Waals surface area contributed by atoms with E-state index >= 15 is 0 Å². The molecular weight excluding hydrogens is 368 g/mol. The fraction of sp³-hybridized carbons (Fsp3) is 0.227. The molecule has 0 spiro atoms. The summed E-state index contributed by atoms with van der Waals surface area (Å²) in [5, 5.41) is 10.1. The van der Waals surface area contributed by atoms with E-state index < -0.39 is 17.4 Å². The number of carbonyl (C=O) groups excluding carboxylic acids is 2. The Morgan fingerprint density at radius 2 is 1.83 bits per heavy atom. The van der Waals surface area contributed by atoms with E-state index in [1.165, 1.54) is 6.92 Å². The van der Waals surface area contributed by atoms with Gasteiger partial charge in [-0.15, -0.1) is 0 Å². The van der Waals surface area contributed by atoms with Gasteiger partial charge in [0, 0.05) is 0 Å². The van der Waals surface area contributed by atoms with Crippen molar-refractivity contribution in [1.82, 2.24) is 9.78 Å². The molecule has 7 heteroatoms. The van der Waals surface area contributed by atoms with Gasteiger partial charge < -0.3 is 15.4 Å². The normalized spacial score (nSPS) is 17.8. The molecule has 0 saturated carbocycles. The minimum Gasteiger partial charge on any atom is -0.466 e. The standard InChI is InChI=1S/C22H22N4O3/c1-14-19(15(2)26(25-14)13-16-9-5-4-6-10-16)24-21(28)22(3)20(27)23-17-11-7-8-12-18(17)29-22/h4-12H,13H2,1-3H3,(H,23,27)(H,24,28). The van der Waals surface area contributed by atoms with Gasteiger partial charge in [0.2, 0.25) is 0 Å². The average molecular weight is 390 g/mol. The van der Waals surface area contributed by atoms with Gasteiger partial charge in [-0.2, -0.15) is 5.10 Å². The van der Waals surface area contributed by atoms with Gasteiger partial charge in [0.25, 0.3) is 17.4 Å². The number of carbonyl (C=O) groups is 2. The Hall–Kier alpha value is -3.61. The third-order valence-electron chi connectivity index (χ3n) is 5.11. The predicted octanol–water partition coefficient (Wildman–Crippen LogP) is 3.28. The van der Waals surface area contributed by atoms with Crippen molar-refractivity contribution < 1.29 is 14.3 Å². The van der Waals surface area contributed by atoms with Gasteiger partial charge in [-0.3, -0.25) is 14.3 Å². The van der Waals surface area contributed by atoms with Gasteiger partial charge in [-0.1, -0.05) is 42.5 Å². The SMILES string of the molecule is Cc1nn(Cc2ccccc2)c(C)c1NC(=O)C1(C)Oc2ccccc2NC1=O. The van der Waals surface area contributed by atoms with E-state index in [1.54, 1.807) is 24.3 Å². The largest absolute Gasteiger partial charge is 0.466 e. The van der Waals surface area contributed by atoms with Crippen molar-refractivity contribution in [3.8, 4) is 5.75 Å². The van der Waals surface area contributed by atoms with E-state index in [0.29, 0.717) is 29.4 Å². The second-order valence-corrected chi connectivity index (χ2v) is 7.23. The molecule has 148 valence electrons. The van der Waals surface area contributed by atoms with Crippen molar-refractivity contribution in [3.63, 3.8) is 0 Å². The van der Waals surface area contributed by atoms with E-state index in [2.05, 4.69) is 15.7 Å². The highest BCUT2D eigenvalue weighted by molar-refractivity contribution is 6.19. The number of hydrogen-bond donors (Lipinski definition) is 2. The van der Waals surface area contributed by atoms with Crippen molar-refractivity contribution in [2.24, 2.45) is 0 Å². The smallest absolute Gasteiger partial charge is 0.278 e. The summed E-state index contributed by atoms with van der Waals surface area (Å²) in [5.74, 6) is -0.603. The zero-order valence-electron chi connectivity index (χ0n) is 16.5. The fourth-order valence-electron chi connectivity index (χ4n) is 3.34. The van der Waals surface area contributed by atoms with Crippen LogP contribution < -0.4 is 15.4 Å². The third kappa shape index (κ3) is 3.35. The Kier molecular flexibility index (Phi) is 4.58. The average Bonchev–Trinajstić information content (AvgIpc) is 2.97. The first-order valence-corrected chi connectivity index (χ1v) is 9.37. The molecule has 7 nitrogen and oxygen atoms in total. The first-order chi connectivity index (χ1) is 13.9. The van der Waals surface area contributed by atoms with Crippen molar-refractivity contribution in [3.05, 3.63) is 71.5 Å². The number of hydrogen-bond acceptors (Lipinski definition) is 4. The highest BCUT2D eigenvalue weighted by atomic mass is 16.5. The Morgan fingerprint density at radius 3 is 2.59 bits per heavy atom. The number of rotatable bonds is 4. The number of benzene rings is 2. The van der Waals surface area contributed by atoms with Crippen molar-refractivity contribution in [2.45, 2.75) is 32.9 Å². The molecule has 2 heterocycles. The minimum atomic E-state index is -1.69. The molecule has 3 aromatic rings. The number of aromatic nitrogens is 2. The number of para-hydroxylation sites is 2. The lowest BCUT2D eigenvalue weighted by Gasteiger charge is -2.33. The molecular formula is C22H22N4O3. The third-order valence-corrected chi connectivity index (χ3v) is 5.11. The lowest BCUT2D eigenvalue weighted by Crippen LogP contribution is -2.56. The molecule has 0 aliphatic carbocycles. The molecule has 2 aromatic carbocycles. The number of anilines is 2. The molecule has 2 N–H and O–H groups in total. The van der Waals surface area contributed by atoms with Crippen LogP contribution in [0.25, 0.3) is 0 Å². The van der Waals surface area contributed by atoms with Crippen molar-refractivity contribution >= 4 is 23.2 Å². The van der Waals surface area contributed by atoms with Crippen LogP contribution in [-0.2, 0) is 16.1 Å². The summed E-state index contributed by atoms with van der Waals surface area (Å²) in [6.45, 7) is 5.76. The predicted molar refractivity (Wildman–Crippen MR) is 110 cm³/mol. The molecule has 0 saturated heterocycles. The molecule has 0 radical (unpaired) electrons. The van der Waals surface area contributed by atoms with Gasteiger partial charge in [0.05, 0.1) is 29.3 Å². The monoisotopic (exact) mass is 390 g/mol. The van der Waals surface area contributed by atoms with E-state index in [0.717, 1.165) is 11.3 Å². The van der Waals surface area contributed by atoms with Crippen LogP contribution in [0.3, 0.4) is 0 Å². The summed E-state index contributed by atoms with van der Waals surface area (Å²) in [5.41, 5.74) is 2.03. The molecule has 0 bridgehead atoms. The summed E-state index contributed by atoms with van der Waals surface area (Å²) in [7, 11) is 0. The Labute approximate surface area is 168 Å². The Bertz CT molecular complexity index is 1090. The molecule has 1 aliphatic heterocycles. The second-order valence-electron chi connectivity index (χ2n) is 7.23. The van der Waals surface area contributed by atoms with E-state index in [-0.39, 0.29) is 0 Å². The molecule has 29 heavy (non-hydrogen) atoms. The minimum absolute atomic E-state index is 0.456. The maximum atomic E-state index is 13.0. The van der Waals surface area contributed by atoms with Crippen LogP contribution in [0.5, 0.6) is 5.75 Å². The second kappa shape index (κ2) is 7.09. The van der Waals surface area contributed by atoms with Crippen molar-refractivity contribution in [1.29, 1.82) is 0 Å². The molecule has 1 unspecified atom stereocenters.